The van der Waals surface area contributed by atoms with Crippen LogP contribution in [0.5, 0.6) is 0 Å². The number of benzene rings is 1. The highest BCUT2D eigenvalue weighted by Gasteiger charge is 2.28. The van der Waals surface area contributed by atoms with Gasteiger partial charge in [-0.1, -0.05) is 23.8 Å². The summed E-state index contributed by atoms with van der Waals surface area (Å²) in [6.07, 6.45) is 1.09. The molecule has 1 fully saturated rings. The van der Waals surface area contributed by atoms with Gasteiger partial charge in [0.1, 0.15) is 0 Å². The van der Waals surface area contributed by atoms with E-state index in [0.717, 1.165) is 5.56 Å². The Kier molecular flexibility index (Phi) is 6.23. The third kappa shape index (κ3) is 4.49. The predicted molar refractivity (Wildman–Crippen MR) is 93.8 cm³/mol. The first-order valence-corrected chi connectivity index (χ1v) is 8.71. The first kappa shape index (κ1) is 18.3. The molecule has 0 spiro atoms. The largest absolute Gasteiger partial charge is 0.450 e. The van der Waals surface area contributed by atoms with E-state index in [9.17, 15) is 9.59 Å². The molecule has 0 aliphatic carbocycles. The number of hydrogen-bond acceptors (Lipinski definition) is 3. The molecular weight excluding hydrogens is 304 g/mol. The maximum absolute atomic E-state index is 12.5. The standard InChI is InChI=1S/C19H28N2O3/c1-5-24-19(23)21-10-8-16(9-11-21)18(22)20-15(4)17-12-13(2)6-7-14(17)3/h6-7,12,15-16H,5,8-11H2,1-4H3,(H,20,22)/t15-/m1/s1. The van der Waals surface area contributed by atoms with Gasteiger partial charge in [-0.3, -0.25) is 4.79 Å². The SMILES string of the molecule is CCOC(=O)N1CCC(C(=O)N[C@H](C)c2cc(C)ccc2C)CC1. The average Bonchev–Trinajstić information content (AvgIpc) is 2.57. The van der Waals surface area contributed by atoms with Crippen molar-refractivity contribution in [3.05, 3.63) is 34.9 Å². The van der Waals surface area contributed by atoms with Crippen molar-refractivity contribution >= 4 is 12.0 Å². The molecule has 0 radical (unpaired) electrons. The molecule has 1 aliphatic heterocycles. The number of hydrogen-bond donors (Lipinski definition) is 1. The lowest BCUT2D eigenvalue weighted by atomic mass is 9.94. The number of aryl methyl sites for hydroxylation is 2. The molecule has 1 N–H and O–H groups in total. The quantitative estimate of drug-likeness (QED) is 0.920. The van der Waals surface area contributed by atoms with Crippen LogP contribution in [-0.4, -0.2) is 36.6 Å². The smallest absolute Gasteiger partial charge is 0.409 e. The summed E-state index contributed by atoms with van der Waals surface area (Å²) >= 11 is 0. The zero-order valence-electron chi connectivity index (χ0n) is 15.1. The highest BCUT2D eigenvalue weighted by Crippen LogP contribution is 2.22. The van der Waals surface area contributed by atoms with E-state index in [2.05, 4.69) is 37.4 Å². The van der Waals surface area contributed by atoms with E-state index in [1.165, 1.54) is 11.1 Å². The maximum Gasteiger partial charge on any atom is 0.409 e. The Morgan fingerprint density at radius 3 is 2.58 bits per heavy atom. The Morgan fingerprint density at radius 2 is 1.96 bits per heavy atom. The highest BCUT2D eigenvalue weighted by molar-refractivity contribution is 5.79. The Morgan fingerprint density at radius 1 is 1.29 bits per heavy atom. The minimum absolute atomic E-state index is 0.0134. The number of carbonyl (C=O) groups is 2. The van der Waals surface area contributed by atoms with E-state index >= 15 is 0 Å². The van der Waals surface area contributed by atoms with E-state index in [1.807, 2.05) is 6.92 Å². The van der Waals surface area contributed by atoms with Crippen LogP contribution in [0.15, 0.2) is 18.2 Å². The van der Waals surface area contributed by atoms with Crippen molar-refractivity contribution in [2.45, 2.75) is 46.6 Å². The summed E-state index contributed by atoms with van der Waals surface area (Å²) in [4.78, 5) is 25.9. The molecule has 1 saturated heterocycles. The minimum Gasteiger partial charge on any atom is -0.450 e. The molecule has 132 valence electrons. The van der Waals surface area contributed by atoms with Gasteiger partial charge in [-0.05, 0) is 51.7 Å². The molecule has 5 heteroatoms. The first-order chi connectivity index (χ1) is 11.4. The summed E-state index contributed by atoms with van der Waals surface area (Å²) in [5, 5.41) is 3.13. The minimum atomic E-state index is -0.278. The van der Waals surface area contributed by atoms with Crippen LogP contribution < -0.4 is 5.32 Å². The Balaban J connectivity index is 1.89. The monoisotopic (exact) mass is 332 g/mol. The fourth-order valence-corrected chi connectivity index (χ4v) is 3.17. The van der Waals surface area contributed by atoms with Gasteiger partial charge in [0.2, 0.25) is 5.91 Å². The highest BCUT2D eigenvalue weighted by atomic mass is 16.6. The lowest BCUT2D eigenvalue weighted by Crippen LogP contribution is -2.43. The van der Waals surface area contributed by atoms with Crippen molar-refractivity contribution < 1.29 is 14.3 Å². The van der Waals surface area contributed by atoms with Crippen molar-refractivity contribution in [2.75, 3.05) is 19.7 Å². The van der Waals surface area contributed by atoms with Crippen molar-refractivity contribution in [2.24, 2.45) is 5.92 Å². The van der Waals surface area contributed by atoms with Crippen molar-refractivity contribution in [1.82, 2.24) is 10.2 Å². The third-order valence-electron chi connectivity index (χ3n) is 4.65. The summed E-state index contributed by atoms with van der Waals surface area (Å²) in [5.74, 6) is 0.0372. The van der Waals surface area contributed by atoms with Crippen LogP contribution >= 0.6 is 0 Å². The zero-order valence-corrected chi connectivity index (χ0v) is 15.1. The van der Waals surface area contributed by atoms with Gasteiger partial charge in [-0.15, -0.1) is 0 Å². The number of nitrogens with zero attached hydrogens (tertiary/aromatic N) is 1. The molecule has 1 aromatic rings. The zero-order chi connectivity index (χ0) is 17.7. The summed E-state index contributed by atoms with van der Waals surface area (Å²) in [6.45, 7) is 9.48. The predicted octanol–water partition coefficient (Wildman–Crippen LogP) is 3.35. The molecule has 0 unspecified atom stereocenters. The van der Waals surface area contributed by atoms with Gasteiger partial charge in [-0.2, -0.15) is 0 Å². The Hall–Kier alpha value is -2.04. The van der Waals surface area contributed by atoms with E-state index < -0.39 is 0 Å². The van der Waals surface area contributed by atoms with Gasteiger partial charge in [0, 0.05) is 19.0 Å². The number of piperidine rings is 1. The average molecular weight is 332 g/mol. The fourth-order valence-electron chi connectivity index (χ4n) is 3.17. The molecule has 1 heterocycles. The second kappa shape index (κ2) is 8.18. The molecule has 1 atom stereocenters. The second-order valence-electron chi connectivity index (χ2n) is 6.55. The number of carbonyl (C=O) groups excluding carboxylic acids is 2. The van der Waals surface area contributed by atoms with Gasteiger partial charge in [0.25, 0.3) is 0 Å². The van der Waals surface area contributed by atoms with Gasteiger partial charge >= 0.3 is 6.09 Å². The van der Waals surface area contributed by atoms with Crippen LogP contribution in [0.2, 0.25) is 0 Å². The van der Waals surface area contributed by atoms with E-state index in [1.54, 1.807) is 11.8 Å². The summed E-state index contributed by atoms with van der Waals surface area (Å²) in [5.41, 5.74) is 3.54. The lowest BCUT2D eigenvalue weighted by Gasteiger charge is -2.31. The van der Waals surface area contributed by atoms with E-state index in [-0.39, 0.29) is 24.0 Å². The second-order valence-corrected chi connectivity index (χ2v) is 6.55. The molecule has 1 aliphatic rings. The molecule has 1 aromatic carbocycles. The van der Waals surface area contributed by atoms with Crippen LogP contribution in [0.25, 0.3) is 0 Å². The van der Waals surface area contributed by atoms with E-state index in [0.29, 0.717) is 32.5 Å². The molecule has 2 amide bonds. The Bertz CT molecular complexity index is 592. The first-order valence-electron chi connectivity index (χ1n) is 8.71. The maximum atomic E-state index is 12.5. The van der Waals surface area contributed by atoms with Crippen LogP contribution in [0.3, 0.4) is 0 Å². The topological polar surface area (TPSA) is 58.6 Å². The fraction of sp³-hybridized carbons (Fsp3) is 0.579. The van der Waals surface area contributed by atoms with Gasteiger partial charge in [0.15, 0.2) is 0 Å². The molecule has 24 heavy (non-hydrogen) atoms. The van der Waals surface area contributed by atoms with Crippen molar-refractivity contribution in [3.63, 3.8) is 0 Å². The van der Waals surface area contributed by atoms with E-state index in [4.69, 9.17) is 4.74 Å². The molecule has 0 saturated carbocycles. The molecule has 5 nitrogen and oxygen atoms in total. The van der Waals surface area contributed by atoms with Crippen molar-refractivity contribution in [1.29, 1.82) is 0 Å². The molecule has 0 bridgehead atoms. The molecule has 0 aromatic heterocycles. The summed E-state index contributed by atoms with van der Waals surface area (Å²) < 4.78 is 5.01. The third-order valence-corrected chi connectivity index (χ3v) is 4.65. The number of likely N-dealkylation sites (tertiary alicyclic amines) is 1. The lowest BCUT2D eigenvalue weighted by molar-refractivity contribution is -0.127. The molecule has 2 rings (SSSR count). The summed E-state index contributed by atoms with van der Waals surface area (Å²) in [6, 6.07) is 6.29. The van der Waals surface area contributed by atoms with Crippen LogP contribution in [-0.2, 0) is 9.53 Å². The van der Waals surface area contributed by atoms with Gasteiger partial charge in [-0.25, -0.2) is 4.79 Å². The van der Waals surface area contributed by atoms with Gasteiger partial charge < -0.3 is 15.0 Å². The number of amides is 2. The molecular formula is C19H28N2O3. The van der Waals surface area contributed by atoms with Crippen LogP contribution in [0, 0.1) is 19.8 Å². The number of ether oxygens (including phenoxy) is 1. The van der Waals surface area contributed by atoms with Crippen molar-refractivity contribution in [3.8, 4) is 0 Å². The normalized spacial score (nSPS) is 16.6. The van der Waals surface area contributed by atoms with Crippen LogP contribution in [0.1, 0.15) is 49.4 Å². The number of rotatable bonds is 4. The number of nitrogens with one attached hydrogen (secondary N) is 1. The Labute approximate surface area is 144 Å². The van der Waals surface area contributed by atoms with Gasteiger partial charge in [0.05, 0.1) is 12.6 Å². The summed E-state index contributed by atoms with van der Waals surface area (Å²) in [7, 11) is 0. The van der Waals surface area contributed by atoms with Crippen LogP contribution in [0.4, 0.5) is 4.79 Å².